The van der Waals surface area contributed by atoms with Gasteiger partial charge in [0.2, 0.25) is 0 Å². The van der Waals surface area contributed by atoms with E-state index in [2.05, 4.69) is 28.3 Å². The molecule has 1 aromatic heterocycles. The van der Waals surface area contributed by atoms with Crippen LogP contribution in [0.5, 0.6) is 5.75 Å². The van der Waals surface area contributed by atoms with E-state index < -0.39 is 0 Å². The van der Waals surface area contributed by atoms with Crippen molar-refractivity contribution < 1.29 is 4.74 Å². The number of imidazole rings is 1. The summed E-state index contributed by atoms with van der Waals surface area (Å²) in [6.45, 7) is 3.60. The number of aromatic amines is 1. The Morgan fingerprint density at radius 3 is 2.95 bits per heavy atom. The Morgan fingerprint density at radius 2 is 2.19 bits per heavy atom. The smallest absolute Gasteiger partial charge is 0.151 e. The molecule has 0 aliphatic heterocycles. The monoisotopic (exact) mass is 307 g/mol. The molecule has 0 fully saturated rings. The number of benzene rings is 1. The predicted octanol–water partition coefficient (Wildman–Crippen LogP) is 3.70. The summed E-state index contributed by atoms with van der Waals surface area (Å²) in [4.78, 5) is 7.65. The molecule has 0 unspecified atom stereocenters. The maximum Gasteiger partial charge on any atom is 0.151 e. The standard InChI is InChI=1S/C16H22ClN3O/c1-3-4-8-15-19-14(16(17)20-15)11-18-10-12-6-5-7-13(9-12)21-2/h5-7,9,18H,3-4,8,10-11H2,1-2H3,(H,19,20). The van der Waals surface area contributed by atoms with Crippen LogP contribution < -0.4 is 10.1 Å². The van der Waals surface area contributed by atoms with E-state index in [1.165, 1.54) is 5.56 Å². The molecule has 5 heteroatoms. The molecule has 2 aromatic rings. The molecule has 0 atom stereocenters. The lowest BCUT2D eigenvalue weighted by atomic mass is 10.2. The number of aromatic nitrogens is 2. The largest absolute Gasteiger partial charge is 0.497 e. The van der Waals surface area contributed by atoms with Gasteiger partial charge in [-0.1, -0.05) is 37.1 Å². The minimum atomic E-state index is 0.569. The third kappa shape index (κ3) is 4.76. The van der Waals surface area contributed by atoms with Crippen LogP contribution in [0.3, 0.4) is 0 Å². The van der Waals surface area contributed by atoms with Crippen LogP contribution in [0, 0.1) is 0 Å². The molecule has 0 amide bonds. The number of rotatable bonds is 8. The lowest BCUT2D eigenvalue weighted by Gasteiger charge is -2.06. The molecule has 2 rings (SSSR count). The van der Waals surface area contributed by atoms with Gasteiger partial charge in [-0.2, -0.15) is 0 Å². The summed E-state index contributed by atoms with van der Waals surface area (Å²) in [6.07, 6.45) is 3.23. The SMILES string of the molecule is CCCCc1nc(Cl)c(CNCc2cccc(OC)c2)[nH]1. The van der Waals surface area contributed by atoms with Crippen molar-refractivity contribution >= 4 is 11.6 Å². The van der Waals surface area contributed by atoms with Gasteiger partial charge in [-0.3, -0.25) is 0 Å². The Morgan fingerprint density at radius 1 is 1.33 bits per heavy atom. The highest BCUT2D eigenvalue weighted by molar-refractivity contribution is 6.30. The number of nitrogens with zero attached hydrogens (tertiary/aromatic N) is 1. The first-order valence-corrected chi connectivity index (χ1v) is 7.67. The van der Waals surface area contributed by atoms with Gasteiger partial charge in [0.15, 0.2) is 5.15 Å². The zero-order valence-electron chi connectivity index (χ0n) is 12.6. The first kappa shape index (κ1) is 15.9. The van der Waals surface area contributed by atoms with E-state index in [4.69, 9.17) is 16.3 Å². The second-order valence-corrected chi connectivity index (χ2v) is 5.37. The summed E-state index contributed by atoms with van der Waals surface area (Å²) in [5.74, 6) is 1.84. The lowest BCUT2D eigenvalue weighted by Crippen LogP contribution is -2.13. The van der Waals surface area contributed by atoms with Crippen LogP contribution in [0.4, 0.5) is 0 Å². The van der Waals surface area contributed by atoms with Gasteiger partial charge in [-0.15, -0.1) is 0 Å². The molecule has 0 spiro atoms. The second kappa shape index (κ2) is 8.05. The molecule has 114 valence electrons. The molecule has 2 N–H and O–H groups in total. The summed E-state index contributed by atoms with van der Waals surface area (Å²) in [5, 5.41) is 3.94. The topological polar surface area (TPSA) is 49.9 Å². The van der Waals surface area contributed by atoms with Crippen molar-refractivity contribution in [2.24, 2.45) is 0 Å². The normalized spacial score (nSPS) is 10.8. The minimum Gasteiger partial charge on any atom is -0.497 e. The summed E-state index contributed by atoms with van der Waals surface area (Å²) in [7, 11) is 1.68. The summed E-state index contributed by atoms with van der Waals surface area (Å²) in [5.41, 5.74) is 2.13. The number of halogens is 1. The number of nitrogens with one attached hydrogen (secondary N) is 2. The number of unbranched alkanes of at least 4 members (excludes halogenated alkanes) is 1. The second-order valence-electron chi connectivity index (χ2n) is 5.01. The Balaban J connectivity index is 1.86. The van der Waals surface area contributed by atoms with Crippen molar-refractivity contribution in [1.82, 2.24) is 15.3 Å². The van der Waals surface area contributed by atoms with E-state index in [1.807, 2.05) is 18.2 Å². The molecule has 0 aliphatic carbocycles. The van der Waals surface area contributed by atoms with Crippen molar-refractivity contribution in [1.29, 1.82) is 0 Å². The van der Waals surface area contributed by atoms with E-state index in [0.717, 1.165) is 43.1 Å². The van der Waals surface area contributed by atoms with Crippen molar-refractivity contribution in [2.45, 2.75) is 39.3 Å². The predicted molar refractivity (Wildman–Crippen MR) is 85.7 cm³/mol. The first-order chi connectivity index (χ1) is 10.2. The Labute approximate surface area is 130 Å². The molecule has 1 aromatic carbocycles. The van der Waals surface area contributed by atoms with Gasteiger partial charge >= 0.3 is 0 Å². The van der Waals surface area contributed by atoms with Crippen LogP contribution in [0.15, 0.2) is 24.3 Å². The van der Waals surface area contributed by atoms with Gasteiger partial charge in [0.1, 0.15) is 11.6 Å². The number of hydrogen-bond donors (Lipinski definition) is 2. The molecule has 0 aliphatic rings. The maximum absolute atomic E-state index is 6.15. The Hall–Kier alpha value is -1.52. The molecule has 0 radical (unpaired) electrons. The van der Waals surface area contributed by atoms with Crippen LogP contribution in [0.1, 0.15) is 36.8 Å². The van der Waals surface area contributed by atoms with Gasteiger partial charge in [0.25, 0.3) is 0 Å². The molecule has 21 heavy (non-hydrogen) atoms. The van der Waals surface area contributed by atoms with Crippen LogP contribution >= 0.6 is 11.6 Å². The maximum atomic E-state index is 6.15. The van der Waals surface area contributed by atoms with Gasteiger partial charge in [-0.25, -0.2) is 4.98 Å². The van der Waals surface area contributed by atoms with E-state index in [0.29, 0.717) is 11.7 Å². The fourth-order valence-electron chi connectivity index (χ4n) is 2.13. The van der Waals surface area contributed by atoms with Gasteiger partial charge in [0.05, 0.1) is 12.8 Å². The summed E-state index contributed by atoms with van der Waals surface area (Å²) in [6, 6.07) is 8.02. The third-order valence-corrected chi connectivity index (χ3v) is 3.62. The van der Waals surface area contributed by atoms with Crippen LogP contribution in [-0.4, -0.2) is 17.1 Å². The number of ether oxygens (including phenoxy) is 1. The summed E-state index contributed by atoms with van der Waals surface area (Å²) >= 11 is 6.15. The van der Waals surface area contributed by atoms with Crippen molar-refractivity contribution in [3.63, 3.8) is 0 Å². The number of methoxy groups -OCH3 is 1. The zero-order chi connectivity index (χ0) is 15.1. The third-order valence-electron chi connectivity index (χ3n) is 3.31. The van der Waals surface area contributed by atoms with Gasteiger partial charge in [0, 0.05) is 19.5 Å². The highest BCUT2D eigenvalue weighted by atomic mass is 35.5. The van der Waals surface area contributed by atoms with E-state index >= 15 is 0 Å². The van der Waals surface area contributed by atoms with Crippen molar-refractivity contribution in [2.75, 3.05) is 7.11 Å². The van der Waals surface area contributed by atoms with Crippen LogP contribution in [-0.2, 0) is 19.5 Å². The van der Waals surface area contributed by atoms with E-state index in [9.17, 15) is 0 Å². The highest BCUT2D eigenvalue weighted by Crippen LogP contribution is 2.15. The Bertz CT molecular complexity index is 568. The fraction of sp³-hybridized carbons (Fsp3) is 0.438. The van der Waals surface area contributed by atoms with E-state index in [1.54, 1.807) is 7.11 Å². The number of H-pyrrole nitrogens is 1. The number of hydrogen-bond acceptors (Lipinski definition) is 3. The molecule has 0 saturated carbocycles. The average Bonchev–Trinajstić information content (AvgIpc) is 2.86. The van der Waals surface area contributed by atoms with Crippen LogP contribution in [0.25, 0.3) is 0 Å². The summed E-state index contributed by atoms with van der Waals surface area (Å²) < 4.78 is 5.21. The minimum absolute atomic E-state index is 0.569. The first-order valence-electron chi connectivity index (χ1n) is 7.29. The quantitative estimate of drug-likeness (QED) is 0.781. The molecule has 0 saturated heterocycles. The van der Waals surface area contributed by atoms with Crippen molar-refractivity contribution in [3.8, 4) is 5.75 Å². The van der Waals surface area contributed by atoms with Crippen LogP contribution in [0.2, 0.25) is 5.15 Å². The van der Waals surface area contributed by atoms with Gasteiger partial charge < -0.3 is 15.0 Å². The number of aryl methyl sites for hydroxylation is 1. The zero-order valence-corrected chi connectivity index (χ0v) is 13.3. The molecule has 4 nitrogen and oxygen atoms in total. The van der Waals surface area contributed by atoms with Crippen molar-refractivity contribution in [3.05, 3.63) is 46.5 Å². The Kier molecular flexibility index (Phi) is 6.08. The van der Waals surface area contributed by atoms with Gasteiger partial charge in [-0.05, 0) is 24.1 Å². The highest BCUT2D eigenvalue weighted by Gasteiger charge is 2.07. The molecule has 0 bridgehead atoms. The fourth-order valence-corrected chi connectivity index (χ4v) is 2.35. The lowest BCUT2D eigenvalue weighted by molar-refractivity contribution is 0.414. The molecule has 1 heterocycles. The molecular weight excluding hydrogens is 286 g/mol. The average molecular weight is 308 g/mol. The molecular formula is C16H22ClN3O. The van der Waals surface area contributed by atoms with E-state index in [-0.39, 0.29) is 0 Å².